The van der Waals surface area contributed by atoms with E-state index in [1.807, 2.05) is 0 Å². The number of carbonyl (C=O) groups is 6. The number of nitrogens with one attached hydrogen (secondary N) is 2. The molecule has 4 unspecified atom stereocenters. The molecule has 1 rings (SSSR count). The van der Waals surface area contributed by atoms with Crippen molar-refractivity contribution >= 4 is 35.7 Å². The summed E-state index contributed by atoms with van der Waals surface area (Å²) in [6.45, 7) is 3.93. The zero-order valence-corrected chi connectivity index (χ0v) is 18.9. The first kappa shape index (κ1) is 27.8. The predicted molar refractivity (Wildman–Crippen MR) is 107 cm³/mol. The minimum atomic E-state index is -1.45. The summed E-state index contributed by atoms with van der Waals surface area (Å²) >= 11 is 0. The maximum atomic E-state index is 12.5. The molecule has 0 aromatic heterocycles. The molecule has 0 aromatic rings. The molecule has 14 nitrogen and oxygen atoms in total. The molecule has 4 N–H and O–H groups in total. The Kier molecular flexibility index (Phi) is 10.7. The topological polar surface area (TPSA) is 199 Å². The Morgan fingerprint density at radius 2 is 1.36 bits per heavy atom. The highest BCUT2D eigenvalue weighted by molar-refractivity contribution is 5.87. The molecule has 1 heterocycles. The summed E-state index contributed by atoms with van der Waals surface area (Å²) < 4.78 is 26.4. The highest BCUT2D eigenvalue weighted by atomic mass is 16.7. The molecule has 33 heavy (non-hydrogen) atoms. The molecule has 1 aliphatic rings. The van der Waals surface area contributed by atoms with Gasteiger partial charge in [0.05, 0.1) is 12.5 Å². The van der Waals surface area contributed by atoms with E-state index < -0.39 is 85.4 Å². The van der Waals surface area contributed by atoms with Crippen LogP contribution in [0, 0.1) is 0 Å². The van der Waals surface area contributed by atoms with Crippen LogP contribution in [0.2, 0.25) is 0 Å². The van der Waals surface area contributed by atoms with Gasteiger partial charge in [-0.3, -0.25) is 28.8 Å². The summed E-state index contributed by atoms with van der Waals surface area (Å²) in [6, 6.07) is -1.00. The second kappa shape index (κ2) is 12.7. The Morgan fingerprint density at radius 3 is 1.82 bits per heavy atom. The SMILES string of the molecule is CNC(CC(=O)N[C@@H]1OC(COC(C)=O)[C@@H](OC(C)=O)C(OC(C)=O)C1OC(C)=O)C(N)=O. The number of rotatable bonds is 10. The van der Waals surface area contributed by atoms with Crippen LogP contribution in [0.1, 0.15) is 34.1 Å². The molecule has 14 heteroatoms. The molecule has 0 radical (unpaired) electrons. The van der Waals surface area contributed by atoms with Crippen molar-refractivity contribution in [2.45, 2.75) is 70.8 Å². The molecular formula is C19H29N3O11. The van der Waals surface area contributed by atoms with Gasteiger partial charge in [-0.25, -0.2) is 0 Å². The lowest BCUT2D eigenvalue weighted by molar-refractivity contribution is -0.257. The lowest BCUT2D eigenvalue weighted by atomic mass is 9.97. The van der Waals surface area contributed by atoms with Gasteiger partial charge in [-0.1, -0.05) is 0 Å². The monoisotopic (exact) mass is 475 g/mol. The van der Waals surface area contributed by atoms with Gasteiger partial charge in [0.25, 0.3) is 0 Å². The summed E-state index contributed by atoms with van der Waals surface area (Å²) in [7, 11) is 1.43. The average Bonchev–Trinajstić information content (AvgIpc) is 2.67. The summed E-state index contributed by atoms with van der Waals surface area (Å²) in [4.78, 5) is 70.4. The molecule has 0 saturated carbocycles. The van der Waals surface area contributed by atoms with E-state index in [-0.39, 0.29) is 0 Å². The molecular weight excluding hydrogens is 446 g/mol. The lowest BCUT2D eigenvalue weighted by Gasteiger charge is -2.44. The number of nitrogens with two attached hydrogens (primary N) is 1. The van der Waals surface area contributed by atoms with Crippen molar-refractivity contribution < 1.29 is 52.5 Å². The molecule has 186 valence electrons. The smallest absolute Gasteiger partial charge is 0.303 e. The van der Waals surface area contributed by atoms with E-state index >= 15 is 0 Å². The maximum absolute atomic E-state index is 12.5. The van der Waals surface area contributed by atoms with E-state index in [1.54, 1.807) is 0 Å². The summed E-state index contributed by atoms with van der Waals surface area (Å²) in [5.74, 6) is -4.59. The Morgan fingerprint density at radius 1 is 0.848 bits per heavy atom. The van der Waals surface area contributed by atoms with E-state index in [2.05, 4.69) is 10.6 Å². The van der Waals surface area contributed by atoms with Gasteiger partial charge in [-0.05, 0) is 7.05 Å². The number of primary amides is 1. The highest BCUT2D eigenvalue weighted by Gasteiger charge is 2.52. The minimum Gasteiger partial charge on any atom is -0.463 e. The van der Waals surface area contributed by atoms with E-state index in [0.717, 1.165) is 27.7 Å². The first-order valence-corrected chi connectivity index (χ1v) is 9.92. The van der Waals surface area contributed by atoms with Crippen LogP contribution in [0.25, 0.3) is 0 Å². The van der Waals surface area contributed by atoms with Crippen molar-refractivity contribution in [1.82, 2.24) is 10.6 Å². The largest absolute Gasteiger partial charge is 0.463 e. The maximum Gasteiger partial charge on any atom is 0.303 e. The second-order valence-electron chi connectivity index (χ2n) is 7.14. The van der Waals surface area contributed by atoms with Crippen LogP contribution < -0.4 is 16.4 Å². The van der Waals surface area contributed by atoms with Gasteiger partial charge in [0, 0.05) is 27.7 Å². The fraction of sp³-hybridized carbons (Fsp3) is 0.684. The van der Waals surface area contributed by atoms with Crippen LogP contribution in [-0.4, -0.2) is 86.0 Å². The van der Waals surface area contributed by atoms with E-state index in [0.29, 0.717) is 0 Å². The Balaban J connectivity index is 3.31. The van der Waals surface area contributed by atoms with Crippen molar-refractivity contribution in [2.24, 2.45) is 5.73 Å². The lowest BCUT2D eigenvalue weighted by Crippen LogP contribution is -2.66. The van der Waals surface area contributed by atoms with Crippen molar-refractivity contribution in [1.29, 1.82) is 0 Å². The fourth-order valence-corrected chi connectivity index (χ4v) is 3.09. The molecule has 0 spiro atoms. The van der Waals surface area contributed by atoms with Crippen LogP contribution in [-0.2, 0) is 52.5 Å². The third-order valence-corrected chi connectivity index (χ3v) is 4.38. The van der Waals surface area contributed by atoms with Crippen LogP contribution in [0.15, 0.2) is 0 Å². The summed E-state index contributed by atoms with van der Waals surface area (Å²) in [6.07, 6.45) is -7.25. The number of ether oxygens (including phenoxy) is 5. The Hall–Kier alpha value is -3.26. The van der Waals surface area contributed by atoms with E-state index in [9.17, 15) is 28.8 Å². The Bertz CT molecular complexity index is 772. The van der Waals surface area contributed by atoms with Gasteiger partial charge < -0.3 is 40.1 Å². The minimum absolute atomic E-state index is 0.390. The average molecular weight is 475 g/mol. The molecule has 0 aromatic carbocycles. The highest BCUT2D eigenvalue weighted by Crippen LogP contribution is 2.28. The van der Waals surface area contributed by atoms with Crippen LogP contribution in [0.5, 0.6) is 0 Å². The third-order valence-electron chi connectivity index (χ3n) is 4.38. The first-order valence-electron chi connectivity index (χ1n) is 9.92. The normalized spacial score (nSPS) is 25.2. The number of carbonyl (C=O) groups excluding carboxylic acids is 6. The molecule has 1 fully saturated rings. The number of hydrogen-bond donors (Lipinski definition) is 3. The third kappa shape index (κ3) is 9.02. The molecule has 6 atom stereocenters. The summed E-state index contributed by atoms with van der Waals surface area (Å²) in [5, 5.41) is 5.00. The van der Waals surface area contributed by atoms with Crippen LogP contribution in [0.4, 0.5) is 0 Å². The number of hydrogen-bond acceptors (Lipinski definition) is 12. The van der Waals surface area contributed by atoms with Gasteiger partial charge in [-0.2, -0.15) is 0 Å². The van der Waals surface area contributed by atoms with Gasteiger partial charge in [0.15, 0.2) is 24.5 Å². The second-order valence-corrected chi connectivity index (χ2v) is 7.14. The molecule has 1 aliphatic heterocycles. The number of likely N-dealkylation sites (N-methyl/N-ethyl adjacent to an activating group) is 1. The van der Waals surface area contributed by atoms with Crippen LogP contribution in [0.3, 0.4) is 0 Å². The van der Waals surface area contributed by atoms with E-state index in [1.165, 1.54) is 7.05 Å². The van der Waals surface area contributed by atoms with Crippen molar-refractivity contribution in [3.8, 4) is 0 Å². The molecule has 0 aliphatic carbocycles. The molecule has 1 saturated heterocycles. The zero-order chi connectivity index (χ0) is 25.3. The van der Waals surface area contributed by atoms with Gasteiger partial charge in [-0.15, -0.1) is 0 Å². The standard InChI is InChI=1S/C19H29N3O11/c1-8(23)29-7-13-15(30-9(2)24)16(31-10(3)25)17(32-11(4)26)19(33-13)22-14(27)6-12(21-5)18(20)28/h12-13,15-17,19,21H,6-7H2,1-5H3,(H2,20,28)(H,22,27)/t12?,13?,15-,16?,17?,19-/m1/s1. The number of esters is 4. The van der Waals surface area contributed by atoms with Crippen LogP contribution >= 0.6 is 0 Å². The summed E-state index contributed by atoms with van der Waals surface area (Å²) in [5.41, 5.74) is 5.22. The predicted octanol–water partition coefficient (Wildman–Crippen LogP) is -2.35. The van der Waals surface area contributed by atoms with Crippen molar-refractivity contribution in [3.63, 3.8) is 0 Å². The van der Waals surface area contributed by atoms with E-state index in [4.69, 9.17) is 29.4 Å². The van der Waals surface area contributed by atoms with Gasteiger partial charge in [0.2, 0.25) is 11.8 Å². The van der Waals surface area contributed by atoms with Crippen molar-refractivity contribution in [2.75, 3.05) is 13.7 Å². The zero-order valence-electron chi connectivity index (χ0n) is 18.9. The van der Waals surface area contributed by atoms with Gasteiger partial charge in [0.1, 0.15) is 12.7 Å². The number of amides is 2. The first-order chi connectivity index (χ1) is 15.3. The van der Waals surface area contributed by atoms with Crippen molar-refractivity contribution in [3.05, 3.63) is 0 Å². The molecule has 0 bridgehead atoms. The quantitative estimate of drug-likeness (QED) is 0.225. The van der Waals surface area contributed by atoms with Gasteiger partial charge >= 0.3 is 23.9 Å². The molecule has 2 amide bonds. The fourth-order valence-electron chi connectivity index (χ4n) is 3.09. The Labute approximate surface area is 189 Å².